The van der Waals surface area contributed by atoms with Crippen molar-refractivity contribution in [3.05, 3.63) is 41.6 Å². The number of alkyl halides is 3. The number of hydrogen-bond donors (Lipinski definition) is 3. The molecule has 2 unspecified atom stereocenters. The number of halogens is 3. The van der Waals surface area contributed by atoms with E-state index in [1.54, 1.807) is 6.07 Å². The molecule has 9 heteroatoms. The Balaban J connectivity index is 2.07. The largest absolute Gasteiger partial charge is 0.416 e. The quantitative estimate of drug-likeness (QED) is 0.473. The van der Waals surface area contributed by atoms with Gasteiger partial charge in [0, 0.05) is 27.7 Å². The van der Waals surface area contributed by atoms with E-state index in [1.807, 2.05) is 6.92 Å². The molecule has 0 spiro atoms. The van der Waals surface area contributed by atoms with Gasteiger partial charge in [-0.15, -0.1) is 23.5 Å². The summed E-state index contributed by atoms with van der Waals surface area (Å²) in [6.45, 7) is 2.41. The molecule has 0 aliphatic carbocycles. The van der Waals surface area contributed by atoms with E-state index in [2.05, 4.69) is 0 Å². The second-order valence-electron chi connectivity index (χ2n) is 6.47. The normalized spacial score (nSPS) is 24.0. The van der Waals surface area contributed by atoms with Crippen LogP contribution in [0.1, 0.15) is 25.3 Å². The zero-order valence-electron chi connectivity index (χ0n) is 14.9. The van der Waals surface area contributed by atoms with Gasteiger partial charge in [0.15, 0.2) is 0 Å². The van der Waals surface area contributed by atoms with Gasteiger partial charge in [-0.25, -0.2) is 0 Å². The molecule has 0 aromatic heterocycles. The van der Waals surface area contributed by atoms with Gasteiger partial charge in [0.05, 0.1) is 23.3 Å². The summed E-state index contributed by atoms with van der Waals surface area (Å²) < 4.78 is 44.2. The highest BCUT2D eigenvalue weighted by atomic mass is 32.2. The molecule has 150 valence electrons. The fourth-order valence-electron chi connectivity index (χ4n) is 2.74. The molecule has 4 N–H and O–H groups in total. The predicted molar refractivity (Wildman–Crippen MR) is 104 cm³/mol. The number of rotatable bonds is 6. The summed E-state index contributed by atoms with van der Waals surface area (Å²) >= 11 is 2.58. The first-order valence-electron chi connectivity index (χ1n) is 8.40. The van der Waals surface area contributed by atoms with Crippen LogP contribution in [-0.2, 0) is 10.9 Å². The average molecular weight is 421 g/mol. The molecule has 1 saturated heterocycles. The lowest BCUT2D eigenvalue weighted by atomic mass is 9.95. The SMILES string of the molecule is CC1(Sc2cccc(C(F)(F)F)c2)CCOC(/C(N)=C/C(=N)SCCO)C1. The van der Waals surface area contributed by atoms with Crippen molar-refractivity contribution in [3.63, 3.8) is 0 Å². The molecule has 1 aromatic carbocycles. The first-order valence-corrected chi connectivity index (χ1v) is 10.2. The number of nitrogens with two attached hydrogens (primary N) is 1. The van der Waals surface area contributed by atoms with Crippen LogP contribution in [0, 0.1) is 5.41 Å². The van der Waals surface area contributed by atoms with Crippen LogP contribution in [0.2, 0.25) is 0 Å². The Labute approximate surface area is 165 Å². The van der Waals surface area contributed by atoms with Crippen LogP contribution >= 0.6 is 23.5 Å². The van der Waals surface area contributed by atoms with E-state index in [1.165, 1.54) is 41.7 Å². The van der Waals surface area contributed by atoms with Crippen molar-refractivity contribution in [1.82, 2.24) is 0 Å². The summed E-state index contributed by atoms with van der Waals surface area (Å²) in [5, 5.41) is 16.9. The average Bonchev–Trinajstić information content (AvgIpc) is 2.59. The standard InChI is InChI=1S/C18H23F3N2O2S2/c1-17(27-13-4-2-3-12(9-13)18(19,20)21)5-7-25-15(11-17)14(22)10-16(23)26-8-6-24/h2-4,9-10,15,23-24H,5-8,11,22H2,1H3/b14-10-,23-16?. The molecule has 0 bridgehead atoms. The van der Waals surface area contributed by atoms with Gasteiger partial charge in [0.2, 0.25) is 0 Å². The number of benzene rings is 1. The molecule has 0 radical (unpaired) electrons. The van der Waals surface area contributed by atoms with Gasteiger partial charge in [-0.05, 0) is 44.0 Å². The van der Waals surface area contributed by atoms with E-state index in [-0.39, 0.29) is 16.4 Å². The molecule has 1 aliphatic rings. The number of ether oxygens (including phenoxy) is 1. The number of aliphatic hydroxyl groups is 1. The number of hydrogen-bond acceptors (Lipinski definition) is 6. The van der Waals surface area contributed by atoms with Crippen LogP contribution in [0.4, 0.5) is 13.2 Å². The smallest absolute Gasteiger partial charge is 0.400 e. The van der Waals surface area contributed by atoms with Crippen molar-refractivity contribution < 1.29 is 23.0 Å². The van der Waals surface area contributed by atoms with Crippen molar-refractivity contribution >= 4 is 28.6 Å². The lowest BCUT2D eigenvalue weighted by Crippen LogP contribution is -2.38. The lowest BCUT2D eigenvalue weighted by molar-refractivity contribution is -0.137. The highest BCUT2D eigenvalue weighted by molar-refractivity contribution is 8.14. The minimum atomic E-state index is -4.37. The second kappa shape index (κ2) is 9.36. The predicted octanol–water partition coefficient (Wildman–Crippen LogP) is 4.28. The number of nitrogens with one attached hydrogen (secondary N) is 1. The van der Waals surface area contributed by atoms with E-state index >= 15 is 0 Å². The minimum absolute atomic E-state index is 0.0214. The van der Waals surface area contributed by atoms with Gasteiger partial charge >= 0.3 is 6.18 Å². The fourth-order valence-corrected chi connectivity index (χ4v) is 4.59. The first kappa shape index (κ1) is 22.1. The second-order valence-corrected chi connectivity index (χ2v) is 9.27. The van der Waals surface area contributed by atoms with Crippen LogP contribution in [0.15, 0.2) is 40.9 Å². The van der Waals surface area contributed by atoms with Gasteiger partial charge in [0.1, 0.15) is 0 Å². The van der Waals surface area contributed by atoms with E-state index in [0.29, 0.717) is 35.8 Å². The summed E-state index contributed by atoms with van der Waals surface area (Å²) in [6, 6.07) is 5.33. The van der Waals surface area contributed by atoms with Gasteiger partial charge < -0.3 is 15.6 Å². The molecule has 4 nitrogen and oxygen atoms in total. The van der Waals surface area contributed by atoms with E-state index < -0.39 is 17.8 Å². The summed E-state index contributed by atoms with van der Waals surface area (Å²) in [4.78, 5) is 0.557. The zero-order chi connectivity index (χ0) is 20.1. The Morgan fingerprint density at radius 1 is 1.48 bits per heavy atom. The summed E-state index contributed by atoms with van der Waals surface area (Å²) in [5.74, 6) is 0.414. The zero-order valence-corrected chi connectivity index (χ0v) is 16.5. The molecule has 1 fully saturated rings. The number of thioether (sulfide) groups is 2. The summed E-state index contributed by atoms with van der Waals surface area (Å²) in [6.07, 6.45) is -2.01. The molecule has 1 aliphatic heterocycles. The van der Waals surface area contributed by atoms with Crippen molar-refractivity contribution in [2.24, 2.45) is 5.73 Å². The van der Waals surface area contributed by atoms with E-state index in [0.717, 1.165) is 6.07 Å². The minimum Gasteiger partial charge on any atom is -0.400 e. The van der Waals surface area contributed by atoms with Crippen molar-refractivity contribution in [2.75, 3.05) is 19.0 Å². The Bertz CT molecular complexity index is 697. The maximum atomic E-state index is 12.9. The molecule has 2 atom stereocenters. The molecule has 27 heavy (non-hydrogen) atoms. The molecular weight excluding hydrogens is 397 g/mol. The molecule has 0 saturated carbocycles. The van der Waals surface area contributed by atoms with E-state index in [9.17, 15) is 13.2 Å². The summed E-state index contributed by atoms with van der Waals surface area (Å²) in [7, 11) is 0. The Morgan fingerprint density at radius 3 is 2.89 bits per heavy atom. The topological polar surface area (TPSA) is 79.3 Å². The number of aliphatic hydroxyl groups excluding tert-OH is 1. The summed E-state index contributed by atoms with van der Waals surface area (Å²) in [5.41, 5.74) is 5.84. The van der Waals surface area contributed by atoms with Gasteiger partial charge in [-0.1, -0.05) is 6.07 Å². The Hall–Kier alpha value is -1.16. The van der Waals surface area contributed by atoms with Crippen molar-refractivity contribution in [2.45, 2.75) is 41.7 Å². The third kappa shape index (κ3) is 6.74. The maximum Gasteiger partial charge on any atom is 0.416 e. The van der Waals surface area contributed by atoms with Crippen LogP contribution in [0.3, 0.4) is 0 Å². The molecule has 1 aromatic rings. The molecular formula is C18H23F3N2O2S2. The Kier molecular flexibility index (Phi) is 7.67. The van der Waals surface area contributed by atoms with Crippen LogP contribution < -0.4 is 5.73 Å². The first-order chi connectivity index (χ1) is 12.6. The highest BCUT2D eigenvalue weighted by Crippen LogP contribution is 2.43. The van der Waals surface area contributed by atoms with Crippen LogP contribution in [0.25, 0.3) is 0 Å². The van der Waals surface area contributed by atoms with Gasteiger partial charge in [-0.3, -0.25) is 5.41 Å². The maximum absolute atomic E-state index is 12.9. The van der Waals surface area contributed by atoms with E-state index in [4.69, 9.17) is 21.0 Å². The third-order valence-electron chi connectivity index (χ3n) is 4.11. The highest BCUT2D eigenvalue weighted by Gasteiger charge is 2.36. The van der Waals surface area contributed by atoms with Gasteiger partial charge in [0.25, 0.3) is 0 Å². The van der Waals surface area contributed by atoms with Gasteiger partial charge in [-0.2, -0.15) is 13.2 Å². The molecule has 0 amide bonds. The third-order valence-corrected chi connectivity index (χ3v) is 6.28. The monoisotopic (exact) mass is 420 g/mol. The lowest BCUT2D eigenvalue weighted by Gasteiger charge is -2.38. The molecule has 1 heterocycles. The van der Waals surface area contributed by atoms with Crippen molar-refractivity contribution in [1.29, 1.82) is 5.41 Å². The Morgan fingerprint density at radius 2 is 2.22 bits per heavy atom. The van der Waals surface area contributed by atoms with Crippen LogP contribution in [-0.4, -0.2) is 40.0 Å². The van der Waals surface area contributed by atoms with Crippen molar-refractivity contribution in [3.8, 4) is 0 Å². The molecule has 2 rings (SSSR count). The fraction of sp³-hybridized carbons (Fsp3) is 0.500. The van der Waals surface area contributed by atoms with Crippen LogP contribution in [0.5, 0.6) is 0 Å².